The molecule has 0 saturated heterocycles. The maximum absolute atomic E-state index is 13.5. The van der Waals surface area contributed by atoms with Crippen LogP contribution in [0.25, 0.3) is 11.1 Å². The van der Waals surface area contributed by atoms with E-state index in [0.717, 1.165) is 0 Å². The van der Waals surface area contributed by atoms with Crippen molar-refractivity contribution in [2.45, 2.75) is 0 Å². The Hall–Kier alpha value is -2.17. The van der Waals surface area contributed by atoms with Crippen LogP contribution < -0.4 is 10.5 Å². The molecule has 0 radical (unpaired) electrons. The lowest BCUT2D eigenvalue weighted by Gasteiger charge is -2.04. The van der Waals surface area contributed by atoms with Gasteiger partial charge in [0.1, 0.15) is 5.82 Å². The Bertz CT molecular complexity index is 499. The SMILES string of the molecule is COc1ncc(-c2cc(N)ccc2F)cn1. The Morgan fingerprint density at radius 2 is 1.94 bits per heavy atom. The molecule has 0 saturated carbocycles. The predicted octanol–water partition coefficient (Wildman–Crippen LogP) is 1.87. The molecule has 0 aliphatic carbocycles. The maximum Gasteiger partial charge on any atom is 0.316 e. The van der Waals surface area contributed by atoms with E-state index in [1.165, 1.54) is 31.6 Å². The zero-order chi connectivity index (χ0) is 11.5. The highest BCUT2D eigenvalue weighted by Gasteiger charge is 2.06. The van der Waals surface area contributed by atoms with Crippen LogP contribution in [0.2, 0.25) is 0 Å². The quantitative estimate of drug-likeness (QED) is 0.783. The average molecular weight is 219 g/mol. The molecule has 1 heterocycles. The summed E-state index contributed by atoms with van der Waals surface area (Å²) in [6.07, 6.45) is 2.98. The first-order chi connectivity index (χ1) is 7.70. The highest BCUT2D eigenvalue weighted by Crippen LogP contribution is 2.24. The summed E-state index contributed by atoms with van der Waals surface area (Å²) in [5, 5.41) is 0. The first-order valence-corrected chi connectivity index (χ1v) is 4.62. The summed E-state index contributed by atoms with van der Waals surface area (Å²) < 4.78 is 18.3. The van der Waals surface area contributed by atoms with Crippen LogP contribution in [0.3, 0.4) is 0 Å². The lowest BCUT2D eigenvalue weighted by Crippen LogP contribution is -1.94. The third-order valence-electron chi connectivity index (χ3n) is 2.11. The molecule has 2 N–H and O–H groups in total. The van der Waals surface area contributed by atoms with E-state index >= 15 is 0 Å². The van der Waals surface area contributed by atoms with Crippen molar-refractivity contribution in [3.63, 3.8) is 0 Å². The predicted molar refractivity (Wildman–Crippen MR) is 58.4 cm³/mol. The van der Waals surface area contributed by atoms with Gasteiger partial charge in [0.2, 0.25) is 0 Å². The second kappa shape index (κ2) is 4.14. The van der Waals surface area contributed by atoms with Crippen LogP contribution in [0.5, 0.6) is 6.01 Å². The van der Waals surface area contributed by atoms with Gasteiger partial charge in [-0.2, -0.15) is 0 Å². The molecule has 2 aromatic rings. The summed E-state index contributed by atoms with van der Waals surface area (Å²) in [5.74, 6) is -0.358. The van der Waals surface area contributed by atoms with Gasteiger partial charge in [-0.25, -0.2) is 14.4 Å². The first kappa shape index (κ1) is 10.4. The van der Waals surface area contributed by atoms with Crippen molar-refractivity contribution in [2.24, 2.45) is 0 Å². The average Bonchev–Trinajstić information content (AvgIpc) is 2.32. The maximum atomic E-state index is 13.5. The summed E-state index contributed by atoms with van der Waals surface area (Å²) >= 11 is 0. The molecule has 0 unspecified atom stereocenters. The second-order valence-corrected chi connectivity index (χ2v) is 3.20. The number of rotatable bonds is 2. The van der Waals surface area contributed by atoms with Crippen molar-refractivity contribution in [1.82, 2.24) is 9.97 Å². The zero-order valence-corrected chi connectivity index (χ0v) is 8.64. The summed E-state index contributed by atoms with van der Waals surface area (Å²) in [5.41, 5.74) is 7.02. The van der Waals surface area contributed by atoms with Gasteiger partial charge in [-0.1, -0.05) is 0 Å². The van der Waals surface area contributed by atoms with Crippen molar-refractivity contribution in [3.8, 4) is 17.1 Å². The Kier molecular flexibility index (Phi) is 2.68. The summed E-state index contributed by atoms with van der Waals surface area (Å²) in [7, 11) is 1.47. The van der Waals surface area contributed by atoms with Crippen LogP contribution in [0.1, 0.15) is 0 Å². The van der Waals surface area contributed by atoms with Crippen LogP contribution in [-0.4, -0.2) is 17.1 Å². The summed E-state index contributed by atoms with van der Waals surface area (Å²) in [6, 6.07) is 4.60. The van der Waals surface area contributed by atoms with Crippen LogP contribution >= 0.6 is 0 Å². The zero-order valence-electron chi connectivity index (χ0n) is 8.64. The van der Waals surface area contributed by atoms with E-state index in [0.29, 0.717) is 16.8 Å². The summed E-state index contributed by atoms with van der Waals surface area (Å²) in [6.45, 7) is 0. The fraction of sp³-hybridized carbons (Fsp3) is 0.0909. The Balaban J connectivity index is 2.45. The van der Waals surface area contributed by atoms with Crippen molar-refractivity contribution in [1.29, 1.82) is 0 Å². The van der Waals surface area contributed by atoms with Crippen molar-refractivity contribution in [3.05, 3.63) is 36.4 Å². The van der Waals surface area contributed by atoms with Crippen LogP contribution in [0.15, 0.2) is 30.6 Å². The number of nitrogens with zero attached hydrogens (tertiary/aromatic N) is 2. The molecule has 0 atom stereocenters. The molecule has 5 heteroatoms. The van der Waals surface area contributed by atoms with E-state index in [9.17, 15) is 4.39 Å². The first-order valence-electron chi connectivity index (χ1n) is 4.62. The van der Waals surface area contributed by atoms with Gasteiger partial charge in [-0.15, -0.1) is 0 Å². The lowest BCUT2D eigenvalue weighted by molar-refractivity contribution is 0.380. The molecular formula is C11H10FN3O. The van der Waals surface area contributed by atoms with Crippen LogP contribution in [-0.2, 0) is 0 Å². The van der Waals surface area contributed by atoms with Gasteiger partial charge >= 0.3 is 6.01 Å². The number of hydrogen-bond donors (Lipinski definition) is 1. The molecule has 0 bridgehead atoms. The Morgan fingerprint density at radius 3 is 2.56 bits per heavy atom. The fourth-order valence-corrected chi connectivity index (χ4v) is 1.32. The highest BCUT2D eigenvalue weighted by atomic mass is 19.1. The van der Waals surface area contributed by atoms with Gasteiger partial charge in [-0.3, -0.25) is 0 Å². The van der Waals surface area contributed by atoms with Crippen molar-refractivity contribution >= 4 is 5.69 Å². The van der Waals surface area contributed by atoms with Gasteiger partial charge < -0.3 is 10.5 Å². The molecule has 82 valence electrons. The third kappa shape index (κ3) is 1.93. The second-order valence-electron chi connectivity index (χ2n) is 3.20. The number of nitrogens with two attached hydrogens (primary N) is 1. The van der Waals surface area contributed by atoms with Gasteiger partial charge in [0.25, 0.3) is 0 Å². The van der Waals surface area contributed by atoms with E-state index < -0.39 is 0 Å². The third-order valence-corrected chi connectivity index (χ3v) is 2.11. The number of anilines is 1. The van der Waals surface area contributed by atoms with Crippen molar-refractivity contribution < 1.29 is 9.13 Å². The molecule has 0 fully saturated rings. The van der Waals surface area contributed by atoms with Gasteiger partial charge in [0, 0.05) is 29.2 Å². The molecule has 4 nitrogen and oxygen atoms in total. The monoisotopic (exact) mass is 219 g/mol. The van der Waals surface area contributed by atoms with Crippen LogP contribution in [0, 0.1) is 5.82 Å². The lowest BCUT2D eigenvalue weighted by atomic mass is 10.1. The van der Waals surface area contributed by atoms with Crippen LogP contribution in [0.4, 0.5) is 10.1 Å². The molecule has 0 aliphatic heterocycles. The molecule has 0 spiro atoms. The van der Waals surface area contributed by atoms with E-state index in [4.69, 9.17) is 10.5 Å². The van der Waals surface area contributed by atoms with E-state index in [1.807, 2.05) is 0 Å². The number of benzene rings is 1. The van der Waals surface area contributed by atoms with E-state index in [1.54, 1.807) is 6.07 Å². The van der Waals surface area contributed by atoms with Gasteiger partial charge in [0.05, 0.1) is 7.11 Å². The highest BCUT2D eigenvalue weighted by molar-refractivity contribution is 5.66. The van der Waals surface area contributed by atoms with Gasteiger partial charge in [-0.05, 0) is 18.2 Å². The number of methoxy groups -OCH3 is 1. The topological polar surface area (TPSA) is 61.0 Å². The molecular weight excluding hydrogens is 209 g/mol. The minimum absolute atomic E-state index is 0.244. The minimum atomic E-state index is -0.358. The number of nitrogen functional groups attached to an aromatic ring is 1. The number of halogens is 1. The molecule has 0 aliphatic rings. The Morgan fingerprint density at radius 1 is 1.25 bits per heavy atom. The summed E-state index contributed by atoms with van der Waals surface area (Å²) in [4.78, 5) is 7.81. The number of aromatic nitrogens is 2. The molecule has 2 rings (SSSR count). The molecule has 1 aromatic heterocycles. The standard InChI is InChI=1S/C11H10FN3O/c1-16-11-14-5-7(6-15-11)9-4-8(13)2-3-10(9)12/h2-6H,13H2,1H3. The number of ether oxygens (including phenoxy) is 1. The van der Waals surface area contributed by atoms with Crippen molar-refractivity contribution in [2.75, 3.05) is 12.8 Å². The number of hydrogen-bond acceptors (Lipinski definition) is 4. The largest absolute Gasteiger partial charge is 0.467 e. The van der Waals surface area contributed by atoms with E-state index in [-0.39, 0.29) is 11.8 Å². The molecule has 0 amide bonds. The fourth-order valence-electron chi connectivity index (χ4n) is 1.32. The smallest absolute Gasteiger partial charge is 0.316 e. The van der Waals surface area contributed by atoms with E-state index in [2.05, 4.69) is 9.97 Å². The Labute approximate surface area is 91.9 Å². The normalized spacial score (nSPS) is 10.1. The molecule has 16 heavy (non-hydrogen) atoms. The van der Waals surface area contributed by atoms with Gasteiger partial charge in [0.15, 0.2) is 0 Å². The molecule has 1 aromatic carbocycles. The minimum Gasteiger partial charge on any atom is -0.467 e.